The van der Waals surface area contributed by atoms with E-state index in [1.807, 2.05) is 18.2 Å². The van der Waals surface area contributed by atoms with Crippen LogP contribution in [0.2, 0.25) is 6.04 Å². The van der Waals surface area contributed by atoms with Gasteiger partial charge in [0.15, 0.2) is 0 Å². The average molecular weight is 266 g/mol. The third-order valence-electron chi connectivity index (χ3n) is 3.00. The molecule has 1 aromatic carbocycles. The zero-order chi connectivity index (χ0) is 13.4. The molecule has 0 radical (unpaired) electrons. The van der Waals surface area contributed by atoms with Crippen molar-refractivity contribution in [2.45, 2.75) is 19.4 Å². The first kappa shape index (κ1) is 15.1. The van der Waals surface area contributed by atoms with Crippen LogP contribution in [0.1, 0.15) is 18.9 Å². The molecule has 1 rings (SSSR count). The molecule has 4 heteroatoms. The van der Waals surface area contributed by atoms with Crippen molar-refractivity contribution < 1.29 is 13.3 Å². The SMILES string of the molecule is CCC(=Cc1ccccc1)C[Si](OC)(OC)OC. The molecule has 100 valence electrons. The van der Waals surface area contributed by atoms with Gasteiger partial charge in [0, 0.05) is 27.4 Å². The van der Waals surface area contributed by atoms with Crippen LogP contribution in [-0.2, 0) is 13.3 Å². The molecule has 0 fully saturated rings. The highest BCUT2D eigenvalue weighted by molar-refractivity contribution is 6.61. The Balaban J connectivity index is 2.87. The molecule has 18 heavy (non-hydrogen) atoms. The lowest BCUT2D eigenvalue weighted by Gasteiger charge is -2.25. The van der Waals surface area contributed by atoms with Gasteiger partial charge in [-0.2, -0.15) is 0 Å². The first-order valence-corrected chi connectivity index (χ1v) is 8.02. The second-order valence-corrected chi connectivity index (χ2v) is 6.98. The van der Waals surface area contributed by atoms with E-state index in [-0.39, 0.29) is 0 Å². The first-order chi connectivity index (χ1) is 8.69. The van der Waals surface area contributed by atoms with Crippen LogP contribution in [0, 0.1) is 0 Å². The maximum Gasteiger partial charge on any atom is 0.504 e. The molecule has 0 saturated heterocycles. The van der Waals surface area contributed by atoms with Crippen LogP contribution >= 0.6 is 0 Å². The summed E-state index contributed by atoms with van der Waals surface area (Å²) in [7, 11) is 2.42. The average Bonchev–Trinajstić information content (AvgIpc) is 2.45. The van der Waals surface area contributed by atoms with E-state index in [0.29, 0.717) is 0 Å². The Labute approximate surface area is 111 Å². The maximum absolute atomic E-state index is 5.46. The van der Waals surface area contributed by atoms with E-state index in [0.717, 1.165) is 12.5 Å². The molecule has 0 atom stereocenters. The van der Waals surface area contributed by atoms with Crippen molar-refractivity contribution >= 4 is 14.9 Å². The second kappa shape index (κ2) is 7.48. The molecule has 0 aliphatic heterocycles. The van der Waals surface area contributed by atoms with Gasteiger partial charge in [-0.25, -0.2) is 0 Å². The molecule has 0 bridgehead atoms. The Morgan fingerprint density at radius 3 is 2.06 bits per heavy atom. The molecule has 0 spiro atoms. The second-order valence-electron chi connectivity index (χ2n) is 4.04. The monoisotopic (exact) mass is 266 g/mol. The third-order valence-corrected chi connectivity index (χ3v) is 5.75. The van der Waals surface area contributed by atoms with Crippen LogP contribution in [0.5, 0.6) is 0 Å². The number of benzene rings is 1. The predicted molar refractivity (Wildman–Crippen MR) is 76.3 cm³/mol. The van der Waals surface area contributed by atoms with Crippen LogP contribution in [0.25, 0.3) is 6.08 Å². The minimum atomic E-state index is -2.52. The van der Waals surface area contributed by atoms with E-state index in [1.165, 1.54) is 11.1 Å². The summed E-state index contributed by atoms with van der Waals surface area (Å²) in [6, 6.07) is 11.0. The first-order valence-electron chi connectivity index (χ1n) is 6.09. The molecule has 0 aliphatic rings. The van der Waals surface area contributed by atoms with Crippen molar-refractivity contribution in [3.63, 3.8) is 0 Å². The van der Waals surface area contributed by atoms with Crippen LogP contribution in [0.3, 0.4) is 0 Å². The Bertz CT molecular complexity index is 364. The zero-order valence-corrected chi connectivity index (χ0v) is 12.6. The van der Waals surface area contributed by atoms with Crippen LogP contribution in [-0.4, -0.2) is 30.1 Å². The molecular formula is C14H22O3Si. The molecule has 0 aliphatic carbocycles. The molecule has 0 heterocycles. The highest BCUT2D eigenvalue weighted by atomic mass is 28.4. The van der Waals surface area contributed by atoms with Gasteiger partial charge in [0.05, 0.1) is 0 Å². The fraction of sp³-hybridized carbons (Fsp3) is 0.429. The van der Waals surface area contributed by atoms with E-state index in [1.54, 1.807) is 21.3 Å². The Kier molecular flexibility index (Phi) is 6.28. The number of allylic oxidation sites excluding steroid dienone is 1. The summed E-state index contributed by atoms with van der Waals surface area (Å²) in [6.45, 7) is 2.13. The largest absolute Gasteiger partial charge is 0.504 e. The lowest BCUT2D eigenvalue weighted by atomic mass is 10.1. The highest BCUT2D eigenvalue weighted by Crippen LogP contribution is 2.23. The van der Waals surface area contributed by atoms with Crippen molar-refractivity contribution in [2.75, 3.05) is 21.3 Å². The molecule has 3 nitrogen and oxygen atoms in total. The fourth-order valence-electron chi connectivity index (χ4n) is 1.81. The van der Waals surface area contributed by atoms with Crippen molar-refractivity contribution in [1.82, 2.24) is 0 Å². The van der Waals surface area contributed by atoms with Crippen molar-refractivity contribution in [1.29, 1.82) is 0 Å². The van der Waals surface area contributed by atoms with Crippen molar-refractivity contribution in [3.05, 3.63) is 41.5 Å². The molecule has 0 amide bonds. The summed E-state index contributed by atoms with van der Waals surface area (Å²) in [5.74, 6) is 0. The van der Waals surface area contributed by atoms with Gasteiger partial charge in [-0.1, -0.05) is 48.9 Å². The predicted octanol–water partition coefficient (Wildman–Crippen LogP) is 3.36. The lowest BCUT2D eigenvalue weighted by Crippen LogP contribution is -2.43. The Morgan fingerprint density at radius 1 is 1.06 bits per heavy atom. The summed E-state index contributed by atoms with van der Waals surface area (Å²) in [6.07, 6.45) is 3.14. The van der Waals surface area contributed by atoms with Gasteiger partial charge in [0.1, 0.15) is 0 Å². The van der Waals surface area contributed by atoms with Gasteiger partial charge < -0.3 is 13.3 Å². The fourth-order valence-corrected chi connectivity index (χ4v) is 3.65. The van der Waals surface area contributed by atoms with Crippen molar-refractivity contribution in [2.24, 2.45) is 0 Å². The van der Waals surface area contributed by atoms with Gasteiger partial charge in [0.2, 0.25) is 0 Å². The molecule has 1 aromatic rings. The molecule has 0 aromatic heterocycles. The lowest BCUT2D eigenvalue weighted by molar-refractivity contribution is 0.126. The van der Waals surface area contributed by atoms with Gasteiger partial charge in [0.25, 0.3) is 0 Å². The van der Waals surface area contributed by atoms with E-state index >= 15 is 0 Å². The van der Waals surface area contributed by atoms with Gasteiger partial charge in [-0.15, -0.1) is 0 Å². The van der Waals surface area contributed by atoms with Crippen LogP contribution < -0.4 is 0 Å². The Hall–Kier alpha value is -0.943. The summed E-state index contributed by atoms with van der Waals surface area (Å²) in [5, 5.41) is 0. The molecule has 0 N–H and O–H groups in total. The van der Waals surface area contributed by atoms with Crippen LogP contribution in [0.15, 0.2) is 35.9 Å². The zero-order valence-electron chi connectivity index (χ0n) is 11.6. The van der Waals surface area contributed by atoms with Gasteiger partial charge in [-0.3, -0.25) is 0 Å². The van der Waals surface area contributed by atoms with Crippen LogP contribution in [0.4, 0.5) is 0 Å². The topological polar surface area (TPSA) is 27.7 Å². The minimum absolute atomic E-state index is 0.724. The van der Waals surface area contributed by atoms with Crippen molar-refractivity contribution in [3.8, 4) is 0 Å². The molecule has 0 saturated carbocycles. The summed E-state index contributed by atoms with van der Waals surface area (Å²) in [5.41, 5.74) is 2.47. The number of rotatable bonds is 7. The number of hydrogen-bond acceptors (Lipinski definition) is 3. The minimum Gasteiger partial charge on any atom is -0.377 e. The molecular weight excluding hydrogens is 244 g/mol. The summed E-state index contributed by atoms with van der Waals surface area (Å²) >= 11 is 0. The molecule has 0 unspecified atom stereocenters. The number of hydrogen-bond donors (Lipinski definition) is 0. The summed E-state index contributed by atoms with van der Waals surface area (Å²) in [4.78, 5) is 0. The Morgan fingerprint density at radius 2 is 1.61 bits per heavy atom. The highest BCUT2D eigenvalue weighted by Gasteiger charge is 2.38. The third kappa shape index (κ3) is 4.06. The van der Waals surface area contributed by atoms with E-state index < -0.39 is 8.80 Å². The van der Waals surface area contributed by atoms with Gasteiger partial charge in [-0.05, 0) is 12.0 Å². The van der Waals surface area contributed by atoms with Gasteiger partial charge >= 0.3 is 8.80 Å². The summed E-state index contributed by atoms with van der Waals surface area (Å²) < 4.78 is 16.4. The van der Waals surface area contributed by atoms with E-state index in [2.05, 4.69) is 25.1 Å². The smallest absolute Gasteiger partial charge is 0.377 e. The normalized spacial score (nSPS) is 12.8. The maximum atomic E-state index is 5.46. The van der Waals surface area contributed by atoms with E-state index in [4.69, 9.17) is 13.3 Å². The quantitative estimate of drug-likeness (QED) is 0.708. The standard InChI is InChI=1S/C14H22O3Si/c1-5-13(11-14-9-7-6-8-10-14)12-18(15-2,16-3)17-4/h6-11H,5,12H2,1-4H3. The van der Waals surface area contributed by atoms with E-state index in [9.17, 15) is 0 Å².